The van der Waals surface area contributed by atoms with Gasteiger partial charge < -0.3 is 15.4 Å². The van der Waals surface area contributed by atoms with E-state index >= 15 is 0 Å². The largest absolute Gasteiger partial charge is 0.495 e. The molecule has 0 spiro atoms. The molecule has 0 saturated carbocycles. The summed E-state index contributed by atoms with van der Waals surface area (Å²) in [7, 11) is -0.377. The van der Waals surface area contributed by atoms with Crippen LogP contribution in [-0.2, 0) is 14.8 Å². The van der Waals surface area contributed by atoms with Crippen LogP contribution in [0.2, 0.25) is 0 Å². The van der Waals surface area contributed by atoms with E-state index < -0.39 is 10.0 Å². The summed E-state index contributed by atoms with van der Waals surface area (Å²) in [5, 5.41) is 5.76. The van der Waals surface area contributed by atoms with Crippen molar-refractivity contribution in [1.29, 1.82) is 0 Å². The second kappa shape index (κ2) is 10.1. The Morgan fingerprint density at radius 1 is 1.11 bits per heavy atom. The Hall–Kier alpha value is -2.58. The number of hydrogen-bond donors (Lipinski definition) is 2. The summed E-state index contributed by atoms with van der Waals surface area (Å²) >= 11 is 0. The van der Waals surface area contributed by atoms with Gasteiger partial charge in [0.15, 0.2) is 0 Å². The second-order valence-electron chi connectivity index (χ2n) is 6.31. The van der Waals surface area contributed by atoms with Crippen LogP contribution < -0.4 is 15.4 Å². The number of nitrogens with one attached hydrogen (secondary N) is 2. The molecule has 0 saturated heterocycles. The summed E-state index contributed by atoms with van der Waals surface area (Å²) in [4.78, 5) is 12.4. The molecule has 0 fully saturated rings. The topological polar surface area (TPSA) is 87.7 Å². The third-order valence-electron chi connectivity index (χ3n) is 4.22. The van der Waals surface area contributed by atoms with Crippen LogP contribution in [0, 0.1) is 0 Å². The number of amides is 1. The average Bonchev–Trinajstić information content (AvgIpc) is 2.71. The van der Waals surface area contributed by atoms with Gasteiger partial charge in [0.1, 0.15) is 5.75 Å². The lowest BCUT2D eigenvalue weighted by Crippen LogP contribution is -2.28. The van der Waals surface area contributed by atoms with Crippen molar-refractivity contribution in [3.8, 4) is 5.75 Å². The first-order valence-electron chi connectivity index (χ1n) is 9.11. The summed E-state index contributed by atoms with van der Waals surface area (Å²) in [6.45, 7) is 2.55. The van der Waals surface area contributed by atoms with Gasteiger partial charge in [-0.15, -0.1) is 0 Å². The molecule has 8 heteroatoms. The summed E-state index contributed by atoms with van der Waals surface area (Å²) < 4.78 is 31.6. The number of ether oxygens (including phenoxy) is 1. The zero-order valence-electron chi connectivity index (χ0n) is 16.4. The van der Waals surface area contributed by atoms with E-state index in [2.05, 4.69) is 10.6 Å². The number of carbonyl (C=O) groups is 1. The molecule has 0 radical (unpaired) electrons. The Kier molecular flexibility index (Phi) is 7.83. The van der Waals surface area contributed by atoms with Gasteiger partial charge in [0.05, 0.1) is 24.2 Å². The van der Waals surface area contributed by atoms with Gasteiger partial charge in [0.25, 0.3) is 0 Å². The molecule has 0 bridgehead atoms. The van der Waals surface area contributed by atoms with E-state index in [0.29, 0.717) is 18.0 Å². The van der Waals surface area contributed by atoms with Crippen molar-refractivity contribution >= 4 is 27.3 Å². The van der Waals surface area contributed by atoms with Crippen molar-refractivity contribution in [2.75, 3.05) is 37.9 Å². The van der Waals surface area contributed by atoms with Crippen molar-refractivity contribution in [2.45, 2.75) is 24.7 Å². The lowest BCUT2D eigenvalue weighted by atomic mass is 10.3. The maximum absolute atomic E-state index is 12.5. The Labute approximate surface area is 166 Å². The first-order chi connectivity index (χ1) is 13.4. The van der Waals surface area contributed by atoms with Crippen molar-refractivity contribution in [3.63, 3.8) is 0 Å². The Morgan fingerprint density at radius 3 is 2.43 bits per heavy atom. The molecule has 2 aromatic rings. The summed E-state index contributed by atoms with van der Waals surface area (Å²) in [5.74, 6) is 0.402. The molecule has 152 valence electrons. The molecule has 0 unspecified atom stereocenters. The first-order valence-corrected chi connectivity index (χ1v) is 10.6. The number of unbranched alkanes of at least 4 members (excludes halogenated alkanes) is 1. The van der Waals surface area contributed by atoms with Crippen molar-refractivity contribution in [2.24, 2.45) is 0 Å². The van der Waals surface area contributed by atoms with Crippen molar-refractivity contribution in [1.82, 2.24) is 4.31 Å². The smallest absolute Gasteiger partial charge is 0.243 e. The molecule has 2 N–H and O–H groups in total. The van der Waals surface area contributed by atoms with Crippen LogP contribution in [0.4, 0.5) is 11.4 Å². The number of methoxy groups -OCH3 is 1. The predicted molar refractivity (Wildman–Crippen MR) is 111 cm³/mol. The fraction of sp³-hybridized carbons (Fsp3) is 0.350. The van der Waals surface area contributed by atoms with Crippen LogP contribution in [0.5, 0.6) is 5.75 Å². The number of rotatable bonds is 10. The van der Waals surface area contributed by atoms with E-state index in [-0.39, 0.29) is 17.3 Å². The van der Waals surface area contributed by atoms with Gasteiger partial charge in [-0.3, -0.25) is 4.79 Å². The van der Waals surface area contributed by atoms with Gasteiger partial charge >= 0.3 is 0 Å². The highest BCUT2D eigenvalue weighted by atomic mass is 32.2. The van der Waals surface area contributed by atoms with E-state index in [1.165, 1.54) is 16.4 Å². The number of sulfonamides is 1. The highest BCUT2D eigenvalue weighted by molar-refractivity contribution is 7.89. The quantitative estimate of drug-likeness (QED) is 0.634. The fourth-order valence-corrected chi connectivity index (χ4v) is 3.77. The summed E-state index contributed by atoms with van der Waals surface area (Å²) in [5.41, 5.74) is 1.25. The average molecular weight is 406 g/mol. The van der Waals surface area contributed by atoms with E-state index in [0.717, 1.165) is 18.5 Å². The molecule has 0 aliphatic heterocycles. The van der Waals surface area contributed by atoms with E-state index in [1.807, 2.05) is 25.1 Å². The molecule has 2 rings (SSSR count). The zero-order valence-corrected chi connectivity index (χ0v) is 17.3. The SMILES string of the molecule is CCCCN(C)S(=O)(=O)c1ccc(NC(=O)CNc2ccccc2OC)cc1. The van der Waals surface area contributed by atoms with Gasteiger partial charge in [-0.1, -0.05) is 25.5 Å². The third kappa shape index (κ3) is 5.71. The second-order valence-corrected chi connectivity index (χ2v) is 8.35. The van der Waals surface area contributed by atoms with Crippen LogP contribution in [0.1, 0.15) is 19.8 Å². The number of para-hydroxylation sites is 2. The van der Waals surface area contributed by atoms with Gasteiger partial charge in [0.2, 0.25) is 15.9 Å². The highest BCUT2D eigenvalue weighted by Gasteiger charge is 2.20. The van der Waals surface area contributed by atoms with Crippen LogP contribution in [-0.4, -0.2) is 45.9 Å². The minimum atomic E-state index is -3.52. The first kappa shape index (κ1) is 21.7. The van der Waals surface area contributed by atoms with Gasteiger partial charge in [-0.05, 0) is 42.8 Å². The highest BCUT2D eigenvalue weighted by Crippen LogP contribution is 2.23. The number of hydrogen-bond acceptors (Lipinski definition) is 5. The maximum atomic E-state index is 12.5. The molecule has 7 nitrogen and oxygen atoms in total. The van der Waals surface area contributed by atoms with Crippen LogP contribution >= 0.6 is 0 Å². The standard InChI is InChI=1S/C20H27N3O4S/c1-4-5-14-23(2)28(25,26)17-12-10-16(11-13-17)22-20(24)15-21-18-8-6-7-9-19(18)27-3/h6-13,21H,4-5,14-15H2,1-3H3,(H,22,24). The number of benzene rings is 2. The molecule has 0 atom stereocenters. The van der Waals surface area contributed by atoms with Gasteiger partial charge in [-0.2, -0.15) is 0 Å². The van der Waals surface area contributed by atoms with Gasteiger partial charge in [-0.25, -0.2) is 12.7 Å². The number of anilines is 2. The Balaban J connectivity index is 1.95. The monoisotopic (exact) mass is 405 g/mol. The lowest BCUT2D eigenvalue weighted by Gasteiger charge is -2.17. The van der Waals surface area contributed by atoms with Crippen molar-refractivity contribution < 1.29 is 17.9 Å². The van der Waals surface area contributed by atoms with Gasteiger partial charge in [0, 0.05) is 19.3 Å². The van der Waals surface area contributed by atoms with Crippen LogP contribution in [0.3, 0.4) is 0 Å². The van der Waals surface area contributed by atoms with E-state index in [1.54, 1.807) is 32.4 Å². The predicted octanol–water partition coefficient (Wildman–Crippen LogP) is 3.17. The number of carbonyl (C=O) groups excluding carboxylic acids is 1. The zero-order chi connectivity index (χ0) is 20.6. The normalized spacial score (nSPS) is 11.3. The summed E-state index contributed by atoms with van der Waals surface area (Å²) in [6.07, 6.45) is 1.73. The molecule has 0 aromatic heterocycles. The lowest BCUT2D eigenvalue weighted by molar-refractivity contribution is -0.114. The van der Waals surface area contributed by atoms with Crippen LogP contribution in [0.25, 0.3) is 0 Å². The fourth-order valence-electron chi connectivity index (χ4n) is 2.56. The molecule has 0 heterocycles. The summed E-state index contributed by atoms with van der Waals surface area (Å²) in [6, 6.07) is 13.5. The van der Waals surface area contributed by atoms with E-state index in [4.69, 9.17) is 4.74 Å². The minimum absolute atomic E-state index is 0.0557. The molecular weight excluding hydrogens is 378 g/mol. The Morgan fingerprint density at radius 2 is 1.79 bits per heavy atom. The molecule has 1 amide bonds. The third-order valence-corrected chi connectivity index (χ3v) is 6.09. The van der Waals surface area contributed by atoms with Crippen LogP contribution in [0.15, 0.2) is 53.4 Å². The van der Waals surface area contributed by atoms with E-state index in [9.17, 15) is 13.2 Å². The minimum Gasteiger partial charge on any atom is -0.495 e. The molecule has 2 aromatic carbocycles. The molecule has 0 aliphatic carbocycles. The molecule has 0 aliphatic rings. The van der Waals surface area contributed by atoms with Crippen molar-refractivity contribution in [3.05, 3.63) is 48.5 Å². The molecule has 28 heavy (non-hydrogen) atoms. The maximum Gasteiger partial charge on any atom is 0.243 e. The number of nitrogens with zero attached hydrogens (tertiary/aromatic N) is 1. The Bertz CT molecular complexity index is 883. The molecular formula is C20H27N3O4S.